The molecule has 0 spiro atoms. The van der Waals surface area contributed by atoms with Crippen LogP contribution in [0.3, 0.4) is 0 Å². The predicted molar refractivity (Wildman–Crippen MR) is 43.3 cm³/mol. The van der Waals surface area contributed by atoms with Crippen molar-refractivity contribution in [1.29, 1.82) is 0 Å². The van der Waals surface area contributed by atoms with Crippen LogP contribution in [-0.4, -0.2) is 17.5 Å². The van der Waals surface area contributed by atoms with Gasteiger partial charge in [0.1, 0.15) is 5.78 Å². The van der Waals surface area contributed by atoms with Crippen molar-refractivity contribution in [3.05, 3.63) is 0 Å². The Kier molecular flexibility index (Phi) is 2.98. The molecule has 1 aliphatic carbocycles. The van der Waals surface area contributed by atoms with Crippen LogP contribution in [0.1, 0.15) is 39.9 Å². The first-order chi connectivity index (χ1) is 5.69. The molecule has 1 N–H and O–H groups in total. The first-order valence-electron chi connectivity index (χ1n) is 4.83. The van der Waals surface area contributed by atoms with Crippen molar-refractivity contribution in [2.75, 3.05) is 6.61 Å². The Balaban J connectivity index is 2.62. The van der Waals surface area contributed by atoms with Gasteiger partial charge in [-0.1, -0.05) is 12.8 Å². The van der Waals surface area contributed by atoms with Gasteiger partial charge >= 0.3 is 0 Å². The molecule has 0 aliphatic heterocycles. The zero-order valence-electron chi connectivity index (χ0n) is 7.81. The molecular weight excluding hydrogens is 140 g/mol. The number of carbonyl (C=O) groups is 1. The average Bonchev–Trinajstić information content (AvgIpc) is 2.17. The molecule has 2 heteroatoms. The van der Waals surface area contributed by atoms with Gasteiger partial charge < -0.3 is 5.11 Å². The molecule has 0 bridgehead atoms. The predicted octanol–water partition coefficient (Wildman–Crippen LogP) is 1.52. The Morgan fingerprint density at radius 3 is 3.09 bits per heavy atom. The molecule has 0 amide bonds. The van der Waals surface area contributed by atoms with Crippen molar-refractivity contribution in [3.63, 3.8) is 0 Å². The van der Waals surface area contributed by atoms with Gasteiger partial charge in [0.2, 0.25) is 0 Å². The summed E-state index contributed by atoms with van der Waals surface area (Å²) in [6.45, 7) is -0.0464. The number of aliphatic hydroxyl groups is 1. The van der Waals surface area contributed by atoms with E-state index in [0.717, 1.165) is 19.3 Å². The van der Waals surface area contributed by atoms with Crippen LogP contribution in [0.15, 0.2) is 0 Å². The van der Waals surface area contributed by atoms with E-state index in [0.29, 0.717) is 19.3 Å². The van der Waals surface area contributed by atoms with Gasteiger partial charge in [-0.05, 0) is 19.3 Å². The Hall–Kier alpha value is -0.370. The summed E-state index contributed by atoms with van der Waals surface area (Å²) in [6, 6.07) is 0. The highest BCUT2D eigenvalue weighted by molar-refractivity contribution is 5.81. The van der Waals surface area contributed by atoms with Crippen LogP contribution >= 0.6 is 0 Å². The molecule has 2 nitrogen and oxygen atoms in total. The van der Waals surface area contributed by atoms with Crippen LogP contribution < -0.4 is 0 Å². The number of hydrogen-bond donors (Lipinski definition) is 1. The molecule has 0 heterocycles. The fourth-order valence-corrected chi connectivity index (χ4v) is 1.52. The van der Waals surface area contributed by atoms with E-state index in [1.165, 1.54) is 0 Å². The average molecular weight is 157 g/mol. The number of aliphatic hydroxyl groups excluding tert-OH is 1. The van der Waals surface area contributed by atoms with Crippen LogP contribution in [-0.2, 0) is 4.79 Å². The normalized spacial score (nSPS) is 34.6. The number of Topliss-reactive ketones (excluding diaryl/α,β-unsaturated/α-hetero) is 1. The van der Waals surface area contributed by atoms with E-state index in [-0.39, 0.29) is 12.4 Å². The SMILES string of the molecule is [2H]C1(CCO)CCCCCC1=O. The van der Waals surface area contributed by atoms with Crippen molar-refractivity contribution in [2.45, 2.75) is 38.5 Å². The molecule has 0 aromatic rings. The third kappa shape index (κ3) is 2.62. The fraction of sp³-hybridized carbons (Fsp3) is 0.889. The van der Waals surface area contributed by atoms with Crippen molar-refractivity contribution in [3.8, 4) is 0 Å². The standard InChI is InChI=1S/C9H16O2/c10-7-6-8-4-2-1-3-5-9(8)11/h8,10H,1-7H2/i8D. The van der Waals surface area contributed by atoms with Crippen LogP contribution in [0.5, 0.6) is 0 Å². The van der Waals surface area contributed by atoms with E-state index in [1.807, 2.05) is 0 Å². The molecule has 0 aromatic carbocycles. The van der Waals surface area contributed by atoms with Crippen molar-refractivity contribution in [2.24, 2.45) is 5.89 Å². The second-order valence-electron chi connectivity index (χ2n) is 3.06. The van der Waals surface area contributed by atoms with Gasteiger partial charge in [-0.2, -0.15) is 0 Å². The minimum atomic E-state index is -0.967. The van der Waals surface area contributed by atoms with Crippen LogP contribution in [0.4, 0.5) is 0 Å². The quantitative estimate of drug-likeness (QED) is 0.617. The van der Waals surface area contributed by atoms with E-state index in [9.17, 15) is 4.79 Å². The second kappa shape index (κ2) is 4.50. The Labute approximate surface area is 69.0 Å². The van der Waals surface area contributed by atoms with Gasteiger partial charge in [-0.3, -0.25) is 4.79 Å². The van der Waals surface area contributed by atoms with Gasteiger partial charge in [0.25, 0.3) is 0 Å². The van der Waals surface area contributed by atoms with E-state index < -0.39 is 5.89 Å². The highest BCUT2D eigenvalue weighted by Gasteiger charge is 2.19. The van der Waals surface area contributed by atoms with Gasteiger partial charge in [0.05, 0.1) is 0 Å². The van der Waals surface area contributed by atoms with Gasteiger partial charge in [0.15, 0.2) is 0 Å². The zero-order valence-corrected chi connectivity index (χ0v) is 6.81. The lowest BCUT2D eigenvalue weighted by atomic mass is 9.96. The first kappa shape index (κ1) is 7.29. The summed E-state index contributed by atoms with van der Waals surface area (Å²) in [5.74, 6) is -0.945. The topological polar surface area (TPSA) is 37.3 Å². The van der Waals surface area contributed by atoms with Crippen molar-refractivity contribution in [1.82, 2.24) is 0 Å². The van der Waals surface area contributed by atoms with E-state index in [2.05, 4.69) is 0 Å². The molecule has 1 aliphatic rings. The molecule has 1 unspecified atom stereocenters. The maximum atomic E-state index is 11.4. The number of hydrogen-bond acceptors (Lipinski definition) is 2. The first-order valence-corrected chi connectivity index (χ1v) is 4.33. The summed E-state index contributed by atoms with van der Waals surface area (Å²) in [5.41, 5.74) is 0. The molecule has 64 valence electrons. The minimum Gasteiger partial charge on any atom is -0.396 e. The molecule has 1 saturated carbocycles. The molecule has 1 rings (SSSR count). The van der Waals surface area contributed by atoms with E-state index in [1.54, 1.807) is 0 Å². The van der Waals surface area contributed by atoms with Crippen LogP contribution in [0, 0.1) is 5.89 Å². The highest BCUT2D eigenvalue weighted by Crippen LogP contribution is 2.21. The lowest BCUT2D eigenvalue weighted by molar-refractivity contribution is -0.123. The van der Waals surface area contributed by atoms with Gasteiger partial charge in [-0.25, -0.2) is 0 Å². The minimum absolute atomic E-state index is 0.0223. The Morgan fingerprint density at radius 2 is 2.36 bits per heavy atom. The largest absolute Gasteiger partial charge is 0.396 e. The van der Waals surface area contributed by atoms with E-state index >= 15 is 0 Å². The van der Waals surface area contributed by atoms with Crippen LogP contribution in [0.25, 0.3) is 0 Å². The fourth-order valence-electron chi connectivity index (χ4n) is 1.52. The molecule has 11 heavy (non-hydrogen) atoms. The Morgan fingerprint density at radius 1 is 1.55 bits per heavy atom. The van der Waals surface area contributed by atoms with Crippen LogP contribution in [0.2, 0.25) is 0 Å². The maximum Gasteiger partial charge on any atom is 0.136 e. The summed E-state index contributed by atoms with van der Waals surface area (Å²) in [7, 11) is 0. The molecule has 1 fully saturated rings. The zero-order chi connectivity index (χ0) is 9.03. The summed E-state index contributed by atoms with van der Waals surface area (Å²) in [5, 5.41) is 8.72. The number of ketones is 1. The molecule has 1 atom stereocenters. The summed E-state index contributed by atoms with van der Waals surface area (Å²) in [6.07, 6.45) is 4.40. The highest BCUT2D eigenvalue weighted by atomic mass is 16.3. The summed E-state index contributed by atoms with van der Waals surface area (Å²) < 4.78 is 7.86. The Bertz CT molecular complexity index is 170. The van der Waals surface area contributed by atoms with Gasteiger partial charge in [-0.15, -0.1) is 0 Å². The third-order valence-electron chi connectivity index (χ3n) is 2.19. The maximum absolute atomic E-state index is 11.4. The summed E-state index contributed by atoms with van der Waals surface area (Å²) >= 11 is 0. The van der Waals surface area contributed by atoms with Crippen molar-refractivity contribution < 1.29 is 11.3 Å². The third-order valence-corrected chi connectivity index (χ3v) is 2.19. The molecule has 0 radical (unpaired) electrons. The monoisotopic (exact) mass is 157 g/mol. The smallest absolute Gasteiger partial charge is 0.136 e. The summed E-state index contributed by atoms with van der Waals surface area (Å²) in [4.78, 5) is 11.4. The molecular formula is C9H16O2. The second-order valence-corrected chi connectivity index (χ2v) is 3.06. The van der Waals surface area contributed by atoms with Crippen molar-refractivity contribution >= 4 is 5.78 Å². The number of carbonyl (C=O) groups excluding carboxylic acids is 1. The lowest BCUT2D eigenvalue weighted by Gasteiger charge is -2.09. The number of rotatable bonds is 2. The van der Waals surface area contributed by atoms with Gasteiger partial charge in [0, 0.05) is 20.3 Å². The molecule has 0 saturated heterocycles. The molecule has 0 aromatic heterocycles. The lowest BCUT2D eigenvalue weighted by Crippen LogP contribution is -2.13. The van der Waals surface area contributed by atoms with E-state index in [4.69, 9.17) is 6.48 Å².